The summed E-state index contributed by atoms with van der Waals surface area (Å²) in [5, 5.41) is 15.1. The van der Waals surface area contributed by atoms with Crippen molar-refractivity contribution in [1.82, 2.24) is 9.46 Å². The van der Waals surface area contributed by atoms with E-state index in [0.717, 1.165) is 11.6 Å². The Kier molecular flexibility index (Phi) is 5.68. The summed E-state index contributed by atoms with van der Waals surface area (Å²) in [7, 11) is -2.20. The summed E-state index contributed by atoms with van der Waals surface area (Å²) in [6.45, 7) is 4.93. The molecule has 11 heteroatoms. The maximum absolute atomic E-state index is 13.2. The Morgan fingerprint density at radius 2 is 1.96 bits per heavy atom. The number of aromatic nitrogens is 1. The van der Waals surface area contributed by atoms with E-state index in [-0.39, 0.29) is 23.7 Å². The van der Waals surface area contributed by atoms with E-state index in [4.69, 9.17) is 9.26 Å². The van der Waals surface area contributed by atoms with Gasteiger partial charge < -0.3 is 14.2 Å². The lowest BCUT2D eigenvalue weighted by atomic mass is 10.2. The third-order valence-electron chi connectivity index (χ3n) is 4.73. The summed E-state index contributed by atoms with van der Waals surface area (Å²) in [6, 6.07) is 3.88. The molecule has 28 heavy (non-hydrogen) atoms. The first-order valence-corrected chi connectivity index (χ1v) is 10.1. The summed E-state index contributed by atoms with van der Waals surface area (Å²) >= 11 is 0. The third kappa shape index (κ3) is 3.86. The Bertz CT molecular complexity index is 962. The fourth-order valence-corrected chi connectivity index (χ4v) is 4.78. The first kappa shape index (κ1) is 20.2. The van der Waals surface area contributed by atoms with Gasteiger partial charge in [-0.2, -0.15) is 4.31 Å². The molecule has 3 rings (SSSR count). The van der Waals surface area contributed by atoms with E-state index in [0.29, 0.717) is 36.9 Å². The smallest absolute Gasteiger partial charge is 0.270 e. The average molecular weight is 410 g/mol. The molecule has 0 atom stereocenters. The van der Waals surface area contributed by atoms with Gasteiger partial charge in [0.25, 0.3) is 5.69 Å². The molecule has 10 nitrogen and oxygen atoms in total. The van der Waals surface area contributed by atoms with Gasteiger partial charge in [-0.1, -0.05) is 5.16 Å². The molecule has 1 aromatic heterocycles. The average Bonchev–Trinajstić information content (AvgIpc) is 3.00. The topological polar surface area (TPSA) is 119 Å². The standard InChI is InChI=1S/C17H22N4O6S/c1-12-15(13(2)27-18-12)11-19(3)16-5-4-14(21(22)23)10-17(16)28(24,25)20-6-8-26-9-7-20/h4-5,10H,6-9,11H2,1-3H3. The number of benzene rings is 1. The molecule has 2 aromatic rings. The summed E-state index contributed by atoms with van der Waals surface area (Å²) in [4.78, 5) is 12.3. The summed E-state index contributed by atoms with van der Waals surface area (Å²) in [5.41, 5.74) is 1.65. The molecule has 1 fully saturated rings. The highest BCUT2D eigenvalue weighted by atomic mass is 32.2. The highest BCUT2D eigenvalue weighted by Gasteiger charge is 2.31. The maximum Gasteiger partial charge on any atom is 0.270 e. The van der Waals surface area contributed by atoms with Crippen LogP contribution in [0.4, 0.5) is 11.4 Å². The van der Waals surface area contributed by atoms with Crippen LogP contribution >= 0.6 is 0 Å². The number of nitro groups is 1. The minimum absolute atomic E-state index is 0.0992. The number of rotatable bonds is 6. The molecular formula is C17H22N4O6S. The van der Waals surface area contributed by atoms with Crippen LogP contribution in [0.3, 0.4) is 0 Å². The van der Waals surface area contributed by atoms with E-state index < -0.39 is 14.9 Å². The van der Waals surface area contributed by atoms with E-state index >= 15 is 0 Å². The minimum Gasteiger partial charge on any atom is -0.379 e. The quantitative estimate of drug-likeness (QED) is 0.523. The van der Waals surface area contributed by atoms with E-state index in [1.54, 1.807) is 25.8 Å². The Morgan fingerprint density at radius 1 is 1.29 bits per heavy atom. The number of sulfonamides is 1. The number of non-ortho nitro benzene ring substituents is 1. The number of morpholine rings is 1. The van der Waals surface area contributed by atoms with Crippen LogP contribution in [-0.2, 0) is 21.3 Å². The van der Waals surface area contributed by atoms with Gasteiger partial charge in [0.2, 0.25) is 10.0 Å². The van der Waals surface area contributed by atoms with Crippen LogP contribution in [0.25, 0.3) is 0 Å². The van der Waals surface area contributed by atoms with E-state index in [9.17, 15) is 18.5 Å². The summed E-state index contributed by atoms with van der Waals surface area (Å²) < 4.78 is 38.1. The molecule has 2 heterocycles. The van der Waals surface area contributed by atoms with Gasteiger partial charge in [0, 0.05) is 44.4 Å². The molecule has 0 saturated carbocycles. The molecular weight excluding hydrogens is 388 g/mol. The number of anilines is 1. The highest BCUT2D eigenvalue weighted by molar-refractivity contribution is 7.89. The zero-order valence-electron chi connectivity index (χ0n) is 15.9. The van der Waals surface area contributed by atoms with Crippen molar-refractivity contribution in [1.29, 1.82) is 0 Å². The second-order valence-corrected chi connectivity index (χ2v) is 8.49. The number of nitrogens with zero attached hydrogens (tertiary/aromatic N) is 4. The number of ether oxygens (including phenoxy) is 1. The van der Waals surface area contributed by atoms with Crippen molar-refractivity contribution in [3.63, 3.8) is 0 Å². The molecule has 0 radical (unpaired) electrons. The third-order valence-corrected chi connectivity index (χ3v) is 6.66. The lowest BCUT2D eigenvalue weighted by Gasteiger charge is -2.29. The highest BCUT2D eigenvalue weighted by Crippen LogP contribution is 2.32. The van der Waals surface area contributed by atoms with Crippen molar-refractivity contribution in [2.24, 2.45) is 0 Å². The van der Waals surface area contributed by atoms with Gasteiger partial charge in [-0.15, -0.1) is 0 Å². The van der Waals surface area contributed by atoms with Crippen molar-refractivity contribution in [2.75, 3.05) is 38.3 Å². The van der Waals surface area contributed by atoms with Crippen molar-refractivity contribution >= 4 is 21.4 Å². The second kappa shape index (κ2) is 7.86. The number of nitro benzene ring substituents is 1. The van der Waals surface area contributed by atoms with Crippen molar-refractivity contribution < 1.29 is 22.6 Å². The number of hydrogen-bond donors (Lipinski definition) is 0. The molecule has 1 aliphatic rings. The lowest BCUT2D eigenvalue weighted by Crippen LogP contribution is -2.41. The molecule has 0 bridgehead atoms. The molecule has 0 aliphatic carbocycles. The maximum atomic E-state index is 13.2. The van der Waals surface area contributed by atoms with Gasteiger partial charge in [-0.05, 0) is 19.9 Å². The van der Waals surface area contributed by atoms with Crippen molar-refractivity contribution in [3.05, 3.63) is 45.3 Å². The van der Waals surface area contributed by atoms with Gasteiger partial charge >= 0.3 is 0 Å². The predicted molar refractivity (Wildman–Crippen MR) is 101 cm³/mol. The fraction of sp³-hybridized carbons (Fsp3) is 0.471. The monoisotopic (exact) mass is 410 g/mol. The van der Waals surface area contributed by atoms with E-state index in [2.05, 4.69) is 5.16 Å². The van der Waals surface area contributed by atoms with E-state index in [1.807, 2.05) is 0 Å². The van der Waals surface area contributed by atoms with Crippen LogP contribution in [0.15, 0.2) is 27.6 Å². The predicted octanol–water partition coefficient (Wildman–Crippen LogP) is 1.86. The van der Waals surface area contributed by atoms with Gasteiger partial charge in [0.05, 0.1) is 29.5 Å². The summed E-state index contributed by atoms with van der Waals surface area (Å²) in [5.74, 6) is 0.642. The Balaban J connectivity index is 2.04. The van der Waals surface area contributed by atoms with Crippen LogP contribution in [-0.4, -0.2) is 56.2 Å². The van der Waals surface area contributed by atoms with Gasteiger partial charge in [0.15, 0.2) is 0 Å². The Hall–Kier alpha value is -2.50. The van der Waals surface area contributed by atoms with Gasteiger partial charge in [-0.3, -0.25) is 10.1 Å². The molecule has 0 N–H and O–H groups in total. The van der Waals surface area contributed by atoms with Crippen molar-refractivity contribution in [3.8, 4) is 0 Å². The fourth-order valence-electron chi connectivity index (χ4n) is 3.11. The number of hydrogen-bond acceptors (Lipinski definition) is 8. The first-order valence-electron chi connectivity index (χ1n) is 8.71. The molecule has 0 spiro atoms. The molecule has 0 unspecified atom stereocenters. The van der Waals surface area contributed by atoms with Crippen LogP contribution in [0.2, 0.25) is 0 Å². The number of aryl methyl sites for hydroxylation is 2. The largest absolute Gasteiger partial charge is 0.379 e. The van der Waals surface area contributed by atoms with Crippen LogP contribution in [0.1, 0.15) is 17.0 Å². The zero-order chi connectivity index (χ0) is 20.5. The van der Waals surface area contributed by atoms with E-state index in [1.165, 1.54) is 16.4 Å². The normalized spacial score (nSPS) is 15.5. The molecule has 1 aromatic carbocycles. The molecule has 0 amide bonds. The van der Waals surface area contributed by atoms with Crippen LogP contribution in [0, 0.1) is 24.0 Å². The van der Waals surface area contributed by atoms with Crippen molar-refractivity contribution in [2.45, 2.75) is 25.3 Å². The molecule has 1 aliphatic heterocycles. The van der Waals surface area contributed by atoms with Gasteiger partial charge in [-0.25, -0.2) is 8.42 Å². The minimum atomic E-state index is -3.92. The molecule has 152 valence electrons. The molecule has 1 saturated heterocycles. The lowest BCUT2D eigenvalue weighted by molar-refractivity contribution is -0.385. The SMILES string of the molecule is Cc1noc(C)c1CN(C)c1ccc([N+](=O)[O-])cc1S(=O)(=O)N1CCOCC1. The Morgan fingerprint density at radius 3 is 2.54 bits per heavy atom. The Labute approximate surface area is 162 Å². The van der Waals surface area contributed by atoms with Gasteiger partial charge in [0.1, 0.15) is 10.7 Å². The zero-order valence-corrected chi connectivity index (χ0v) is 16.7. The first-order chi connectivity index (χ1) is 13.2. The van der Waals surface area contributed by atoms with Crippen LogP contribution < -0.4 is 4.90 Å². The summed E-state index contributed by atoms with van der Waals surface area (Å²) in [6.07, 6.45) is 0. The van der Waals surface area contributed by atoms with Crippen LogP contribution in [0.5, 0.6) is 0 Å². The second-order valence-electron chi connectivity index (χ2n) is 6.58.